The summed E-state index contributed by atoms with van der Waals surface area (Å²) in [6.07, 6.45) is 3.26. The van der Waals surface area contributed by atoms with Crippen LogP contribution in [-0.2, 0) is 10.0 Å². The van der Waals surface area contributed by atoms with Crippen LogP contribution in [-0.4, -0.2) is 40.9 Å². The van der Waals surface area contributed by atoms with Crippen LogP contribution in [0, 0.1) is 5.82 Å². The first-order valence-electron chi connectivity index (χ1n) is 7.54. The molecule has 0 N–H and O–H groups in total. The van der Waals surface area contributed by atoms with Crippen LogP contribution in [0.4, 0.5) is 4.39 Å². The number of halogens is 1. The summed E-state index contributed by atoms with van der Waals surface area (Å²) in [5.41, 5.74) is 0.715. The van der Waals surface area contributed by atoms with Gasteiger partial charge in [-0.1, -0.05) is 17.3 Å². The molecule has 4 rings (SSSR count). The SMILES string of the molecule is O=S(=O)(c1ccccc1F)N1CC(c2nc(-c3cccnc3)no2)C1. The maximum absolute atomic E-state index is 13.8. The molecule has 128 valence electrons. The molecule has 1 saturated heterocycles. The van der Waals surface area contributed by atoms with Gasteiger partial charge in [-0.3, -0.25) is 4.98 Å². The van der Waals surface area contributed by atoms with Gasteiger partial charge in [0.2, 0.25) is 21.7 Å². The minimum absolute atomic E-state index is 0.172. The Morgan fingerprint density at radius 3 is 2.68 bits per heavy atom. The molecule has 3 heterocycles. The van der Waals surface area contributed by atoms with Gasteiger partial charge in [-0.05, 0) is 24.3 Å². The maximum atomic E-state index is 13.8. The van der Waals surface area contributed by atoms with Gasteiger partial charge in [-0.15, -0.1) is 0 Å². The summed E-state index contributed by atoms with van der Waals surface area (Å²) in [6, 6.07) is 8.89. The average Bonchev–Trinajstić information content (AvgIpc) is 3.04. The van der Waals surface area contributed by atoms with Crippen LogP contribution < -0.4 is 0 Å². The molecule has 0 aliphatic carbocycles. The largest absolute Gasteiger partial charge is 0.339 e. The lowest BCUT2D eigenvalue weighted by atomic mass is 10.0. The molecular weight excluding hydrogens is 347 g/mol. The van der Waals surface area contributed by atoms with E-state index in [1.807, 2.05) is 0 Å². The van der Waals surface area contributed by atoms with Crippen molar-refractivity contribution in [1.82, 2.24) is 19.4 Å². The number of hydrogen-bond acceptors (Lipinski definition) is 6. The van der Waals surface area contributed by atoms with Crippen LogP contribution in [0.2, 0.25) is 0 Å². The number of benzene rings is 1. The number of rotatable bonds is 4. The number of hydrogen-bond donors (Lipinski definition) is 0. The normalized spacial score (nSPS) is 15.9. The lowest BCUT2D eigenvalue weighted by molar-refractivity contribution is 0.216. The molecule has 0 saturated carbocycles. The van der Waals surface area contributed by atoms with Gasteiger partial charge < -0.3 is 4.52 Å². The van der Waals surface area contributed by atoms with Crippen LogP contribution >= 0.6 is 0 Å². The van der Waals surface area contributed by atoms with Gasteiger partial charge in [0.1, 0.15) is 10.7 Å². The zero-order chi connectivity index (χ0) is 17.4. The van der Waals surface area contributed by atoms with E-state index >= 15 is 0 Å². The second-order valence-corrected chi connectivity index (χ2v) is 7.55. The summed E-state index contributed by atoms with van der Waals surface area (Å²) in [6.45, 7) is 0.344. The Balaban J connectivity index is 1.49. The van der Waals surface area contributed by atoms with Gasteiger partial charge in [0, 0.05) is 31.0 Å². The van der Waals surface area contributed by atoms with Crippen molar-refractivity contribution in [2.45, 2.75) is 10.8 Å². The standard InChI is InChI=1S/C16H13FN4O3S/c17-13-5-1-2-6-14(13)25(22,23)21-9-12(10-21)16-19-15(20-24-16)11-4-3-7-18-8-11/h1-8,12H,9-10H2. The van der Waals surface area contributed by atoms with Gasteiger partial charge in [0.15, 0.2) is 0 Å². The second-order valence-electron chi connectivity index (χ2n) is 5.65. The van der Waals surface area contributed by atoms with Gasteiger partial charge in [0.25, 0.3) is 0 Å². The van der Waals surface area contributed by atoms with Gasteiger partial charge in [-0.25, -0.2) is 12.8 Å². The van der Waals surface area contributed by atoms with Gasteiger partial charge in [-0.2, -0.15) is 9.29 Å². The van der Waals surface area contributed by atoms with E-state index in [1.165, 1.54) is 22.5 Å². The zero-order valence-electron chi connectivity index (χ0n) is 12.9. The highest BCUT2D eigenvalue weighted by Gasteiger charge is 2.41. The number of pyridine rings is 1. The minimum atomic E-state index is -3.86. The zero-order valence-corrected chi connectivity index (χ0v) is 13.7. The van der Waals surface area contributed by atoms with Crippen molar-refractivity contribution >= 4 is 10.0 Å². The van der Waals surface area contributed by atoms with Crippen molar-refractivity contribution in [3.63, 3.8) is 0 Å². The molecule has 2 aromatic heterocycles. The molecule has 3 aromatic rings. The summed E-state index contributed by atoms with van der Waals surface area (Å²) < 4.78 is 45.1. The molecule has 25 heavy (non-hydrogen) atoms. The smallest absolute Gasteiger partial charge is 0.246 e. The summed E-state index contributed by atoms with van der Waals surface area (Å²) in [5, 5.41) is 3.89. The summed E-state index contributed by atoms with van der Waals surface area (Å²) in [4.78, 5) is 7.96. The molecule has 1 fully saturated rings. The number of nitrogens with zero attached hydrogens (tertiary/aromatic N) is 4. The van der Waals surface area contributed by atoms with Crippen molar-refractivity contribution in [3.05, 3.63) is 60.5 Å². The first kappa shape index (κ1) is 15.9. The molecule has 9 heteroatoms. The van der Waals surface area contributed by atoms with Crippen LogP contribution in [0.1, 0.15) is 11.8 Å². The topological polar surface area (TPSA) is 89.2 Å². The Labute approximate surface area is 143 Å². The molecule has 1 aliphatic rings. The van der Waals surface area contributed by atoms with E-state index in [9.17, 15) is 12.8 Å². The predicted molar refractivity (Wildman–Crippen MR) is 85.4 cm³/mol. The fourth-order valence-corrected chi connectivity index (χ4v) is 4.19. The third kappa shape index (κ3) is 2.81. The number of sulfonamides is 1. The van der Waals surface area contributed by atoms with Crippen molar-refractivity contribution in [2.24, 2.45) is 0 Å². The Hall–Kier alpha value is -2.65. The molecule has 1 aliphatic heterocycles. The summed E-state index contributed by atoms with van der Waals surface area (Å²) >= 11 is 0. The third-order valence-corrected chi connectivity index (χ3v) is 5.88. The van der Waals surface area contributed by atoms with E-state index < -0.39 is 15.8 Å². The number of aromatic nitrogens is 3. The molecular formula is C16H13FN4O3S. The van der Waals surface area contributed by atoms with E-state index in [-0.39, 0.29) is 23.9 Å². The molecule has 1 aromatic carbocycles. The molecule has 0 spiro atoms. The summed E-state index contributed by atoms with van der Waals surface area (Å²) in [7, 11) is -3.86. The van der Waals surface area contributed by atoms with Crippen molar-refractivity contribution in [2.75, 3.05) is 13.1 Å². The van der Waals surface area contributed by atoms with Gasteiger partial charge in [0.05, 0.1) is 5.92 Å². The highest BCUT2D eigenvalue weighted by molar-refractivity contribution is 7.89. The van der Waals surface area contributed by atoms with Crippen molar-refractivity contribution in [1.29, 1.82) is 0 Å². The fraction of sp³-hybridized carbons (Fsp3) is 0.188. The van der Waals surface area contributed by atoms with Crippen LogP contribution in [0.3, 0.4) is 0 Å². The Bertz CT molecular complexity index is 1000. The Morgan fingerprint density at radius 1 is 1.16 bits per heavy atom. The molecule has 0 bridgehead atoms. The predicted octanol–water partition coefficient (Wildman–Crippen LogP) is 2.06. The highest BCUT2D eigenvalue weighted by Crippen LogP contribution is 2.32. The van der Waals surface area contributed by atoms with E-state index in [0.29, 0.717) is 17.3 Å². The van der Waals surface area contributed by atoms with Crippen molar-refractivity contribution in [3.8, 4) is 11.4 Å². The van der Waals surface area contributed by atoms with Gasteiger partial charge >= 0.3 is 0 Å². The van der Waals surface area contributed by atoms with E-state index in [4.69, 9.17) is 4.52 Å². The Kier molecular flexibility index (Phi) is 3.81. The van der Waals surface area contributed by atoms with E-state index in [1.54, 1.807) is 24.5 Å². The lowest BCUT2D eigenvalue weighted by Crippen LogP contribution is -2.48. The first-order valence-corrected chi connectivity index (χ1v) is 8.98. The minimum Gasteiger partial charge on any atom is -0.339 e. The van der Waals surface area contributed by atoms with Crippen LogP contribution in [0.15, 0.2) is 58.2 Å². The van der Waals surface area contributed by atoms with E-state index in [2.05, 4.69) is 15.1 Å². The Morgan fingerprint density at radius 2 is 1.96 bits per heavy atom. The van der Waals surface area contributed by atoms with Crippen molar-refractivity contribution < 1.29 is 17.3 Å². The summed E-state index contributed by atoms with van der Waals surface area (Å²) in [5.74, 6) is -0.209. The first-order chi connectivity index (χ1) is 12.1. The van der Waals surface area contributed by atoms with Crippen LogP contribution in [0.5, 0.6) is 0 Å². The fourth-order valence-electron chi connectivity index (χ4n) is 2.60. The molecule has 0 radical (unpaired) electrons. The molecule has 0 unspecified atom stereocenters. The quantitative estimate of drug-likeness (QED) is 0.707. The van der Waals surface area contributed by atoms with Crippen LogP contribution in [0.25, 0.3) is 11.4 Å². The molecule has 0 amide bonds. The average molecular weight is 360 g/mol. The highest BCUT2D eigenvalue weighted by atomic mass is 32.2. The molecule has 0 atom stereocenters. The monoisotopic (exact) mass is 360 g/mol. The lowest BCUT2D eigenvalue weighted by Gasteiger charge is -2.35. The third-order valence-electron chi connectivity index (χ3n) is 4.01. The maximum Gasteiger partial charge on any atom is 0.246 e. The van der Waals surface area contributed by atoms with E-state index in [0.717, 1.165) is 6.07 Å². The molecule has 7 nitrogen and oxygen atoms in total. The second kappa shape index (κ2) is 6.01.